The minimum absolute atomic E-state index is 0.0480. The summed E-state index contributed by atoms with van der Waals surface area (Å²) in [5, 5.41) is 10.1. The van der Waals surface area contributed by atoms with E-state index in [1.54, 1.807) is 24.3 Å². The van der Waals surface area contributed by atoms with Crippen LogP contribution in [0.5, 0.6) is 0 Å². The van der Waals surface area contributed by atoms with Gasteiger partial charge in [0.1, 0.15) is 6.61 Å². The summed E-state index contributed by atoms with van der Waals surface area (Å²) in [7, 11) is 0. The first-order valence-corrected chi connectivity index (χ1v) is 10.2. The van der Waals surface area contributed by atoms with Gasteiger partial charge in [0.05, 0.1) is 12.3 Å². The number of rotatable bonds is 7. The van der Waals surface area contributed by atoms with Crippen molar-refractivity contribution in [1.82, 2.24) is 0 Å². The predicted molar refractivity (Wildman–Crippen MR) is 116 cm³/mol. The van der Waals surface area contributed by atoms with Gasteiger partial charge in [-0.1, -0.05) is 78.3 Å². The van der Waals surface area contributed by atoms with Crippen LogP contribution in [0.15, 0.2) is 72.8 Å². The van der Waals surface area contributed by atoms with Gasteiger partial charge in [0, 0.05) is 10.9 Å². The largest absolute Gasteiger partial charge is 0.481 e. The summed E-state index contributed by atoms with van der Waals surface area (Å²) < 4.78 is 5.55. The topological polar surface area (TPSA) is 63.6 Å². The number of carbonyl (C=O) groups excluding carboxylic acids is 1. The molecule has 1 atom stereocenters. The summed E-state index contributed by atoms with van der Waals surface area (Å²) in [6, 6.07) is 23.2. The zero-order valence-electron chi connectivity index (χ0n) is 16.3. The molecule has 0 amide bonds. The molecule has 0 heterocycles. The highest BCUT2D eigenvalue weighted by Crippen LogP contribution is 2.44. The van der Waals surface area contributed by atoms with Crippen molar-refractivity contribution in [1.29, 1.82) is 0 Å². The molecule has 1 aliphatic rings. The summed E-state index contributed by atoms with van der Waals surface area (Å²) >= 11 is 6.14. The Kier molecular flexibility index (Phi) is 5.86. The first kappa shape index (κ1) is 20.2. The van der Waals surface area contributed by atoms with E-state index in [4.69, 9.17) is 16.3 Å². The number of carboxylic acid groups (broad SMARTS) is 1. The molecule has 0 saturated carbocycles. The molecule has 0 bridgehead atoms. The molecule has 5 heteroatoms. The lowest BCUT2D eigenvalue weighted by molar-refractivity contribution is -0.151. The number of carbonyl (C=O) groups is 2. The van der Waals surface area contributed by atoms with Crippen LogP contribution in [0.25, 0.3) is 11.1 Å². The predicted octanol–water partition coefficient (Wildman–Crippen LogP) is 5.33. The normalized spacial score (nSPS) is 13.4. The van der Waals surface area contributed by atoms with Crippen molar-refractivity contribution >= 4 is 23.5 Å². The summed E-state index contributed by atoms with van der Waals surface area (Å²) in [6.45, 7) is 0.186. The van der Waals surface area contributed by atoms with E-state index in [0.717, 1.165) is 22.3 Å². The van der Waals surface area contributed by atoms with Crippen LogP contribution in [0, 0.1) is 5.92 Å². The minimum Gasteiger partial charge on any atom is -0.481 e. The molecule has 4 nitrogen and oxygen atoms in total. The SMILES string of the molecule is O=C(CC(Cc1ccccc1Cl)C(=O)O)OCC1c2ccccc2-c2ccccc21. The Balaban J connectivity index is 1.44. The van der Waals surface area contributed by atoms with Crippen molar-refractivity contribution in [3.63, 3.8) is 0 Å². The van der Waals surface area contributed by atoms with Crippen LogP contribution in [-0.2, 0) is 20.7 Å². The van der Waals surface area contributed by atoms with Gasteiger partial charge >= 0.3 is 11.9 Å². The third-order valence-electron chi connectivity index (χ3n) is 5.56. The Morgan fingerprint density at radius 1 is 0.900 bits per heavy atom. The van der Waals surface area contributed by atoms with Crippen LogP contribution >= 0.6 is 11.6 Å². The van der Waals surface area contributed by atoms with Crippen molar-refractivity contribution in [2.75, 3.05) is 6.61 Å². The molecule has 0 spiro atoms. The highest BCUT2D eigenvalue weighted by atomic mass is 35.5. The average molecular weight is 421 g/mol. The highest BCUT2D eigenvalue weighted by molar-refractivity contribution is 6.31. The summed E-state index contributed by atoms with van der Waals surface area (Å²) in [4.78, 5) is 24.2. The van der Waals surface area contributed by atoms with E-state index in [9.17, 15) is 14.7 Å². The van der Waals surface area contributed by atoms with Crippen molar-refractivity contribution < 1.29 is 19.4 Å². The molecule has 0 saturated heterocycles. The van der Waals surface area contributed by atoms with Crippen LogP contribution in [-0.4, -0.2) is 23.7 Å². The zero-order valence-corrected chi connectivity index (χ0v) is 17.0. The van der Waals surface area contributed by atoms with E-state index in [1.165, 1.54) is 0 Å². The second-order valence-electron chi connectivity index (χ2n) is 7.44. The third kappa shape index (κ3) is 4.10. The van der Waals surface area contributed by atoms with Crippen LogP contribution in [0.2, 0.25) is 5.02 Å². The molecule has 0 fully saturated rings. The van der Waals surface area contributed by atoms with Crippen molar-refractivity contribution in [2.24, 2.45) is 5.92 Å². The maximum atomic E-state index is 12.5. The number of aliphatic carboxylic acids is 1. The number of halogens is 1. The smallest absolute Gasteiger partial charge is 0.307 e. The van der Waals surface area contributed by atoms with Gasteiger partial charge in [0.2, 0.25) is 0 Å². The van der Waals surface area contributed by atoms with Crippen molar-refractivity contribution in [3.05, 3.63) is 94.5 Å². The first-order chi connectivity index (χ1) is 14.5. The number of hydrogen-bond donors (Lipinski definition) is 1. The number of hydrogen-bond acceptors (Lipinski definition) is 3. The summed E-state index contributed by atoms with van der Waals surface area (Å²) in [5.74, 6) is -2.49. The average Bonchev–Trinajstić information content (AvgIpc) is 3.07. The second-order valence-corrected chi connectivity index (χ2v) is 7.85. The van der Waals surface area contributed by atoms with E-state index in [0.29, 0.717) is 10.6 Å². The first-order valence-electron chi connectivity index (χ1n) is 9.84. The number of esters is 1. The van der Waals surface area contributed by atoms with E-state index in [1.807, 2.05) is 36.4 Å². The Morgan fingerprint density at radius 2 is 1.47 bits per heavy atom. The van der Waals surface area contributed by atoms with Crippen LogP contribution in [0.4, 0.5) is 0 Å². The molecule has 3 aromatic carbocycles. The molecule has 1 aliphatic carbocycles. The Bertz CT molecular complexity index is 1050. The van der Waals surface area contributed by atoms with Gasteiger partial charge in [-0.05, 0) is 40.3 Å². The van der Waals surface area contributed by atoms with Gasteiger partial charge in [0.25, 0.3) is 0 Å². The molecule has 152 valence electrons. The second kappa shape index (κ2) is 8.72. The Morgan fingerprint density at radius 3 is 2.07 bits per heavy atom. The third-order valence-corrected chi connectivity index (χ3v) is 5.93. The highest BCUT2D eigenvalue weighted by Gasteiger charge is 2.30. The fourth-order valence-corrected chi connectivity index (χ4v) is 4.26. The monoisotopic (exact) mass is 420 g/mol. The Hall–Kier alpha value is -3.11. The van der Waals surface area contributed by atoms with Gasteiger partial charge in [-0.2, -0.15) is 0 Å². The van der Waals surface area contributed by atoms with E-state index < -0.39 is 17.9 Å². The van der Waals surface area contributed by atoms with Crippen LogP contribution in [0.3, 0.4) is 0 Å². The Labute approximate surface area is 180 Å². The molecule has 3 aromatic rings. The van der Waals surface area contributed by atoms with Crippen molar-refractivity contribution in [2.45, 2.75) is 18.8 Å². The number of ether oxygens (including phenoxy) is 1. The van der Waals surface area contributed by atoms with Gasteiger partial charge in [0.15, 0.2) is 0 Å². The quantitative estimate of drug-likeness (QED) is 0.525. The molecular weight excluding hydrogens is 400 g/mol. The molecule has 4 rings (SSSR count). The zero-order chi connectivity index (χ0) is 21.1. The van der Waals surface area contributed by atoms with E-state index in [-0.39, 0.29) is 25.4 Å². The summed E-state index contributed by atoms with van der Waals surface area (Å²) in [6.07, 6.45) is -0.0181. The lowest BCUT2D eigenvalue weighted by Gasteiger charge is -2.16. The minimum atomic E-state index is -1.04. The van der Waals surface area contributed by atoms with Crippen LogP contribution < -0.4 is 0 Å². The molecule has 30 heavy (non-hydrogen) atoms. The molecule has 1 unspecified atom stereocenters. The van der Waals surface area contributed by atoms with Gasteiger partial charge in [-0.25, -0.2) is 0 Å². The molecule has 0 aliphatic heterocycles. The van der Waals surface area contributed by atoms with Crippen LogP contribution in [0.1, 0.15) is 29.0 Å². The maximum Gasteiger partial charge on any atom is 0.307 e. The van der Waals surface area contributed by atoms with Gasteiger partial charge in [-0.15, -0.1) is 0 Å². The fraction of sp³-hybridized carbons (Fsp3) is 0.200. The standard InChI is InChI=1S/C25H21ClO4/c26-23-12-6-1-7-16(23)13-17(25(28)29)14-24(27)30-15-22-20-10-4-2-8-18(20)19-9-3-5-11-21(19)22/h1-12,17,22H,13-15H2,(H,28,29). The molecule has 1 N–H and O–H groups in total. The molecule has 0 radical (unpaired) electrons. The number of fused-ring (bicyclic) bond motifs is 3. The lowest BCUT2D eigenvalue weighted by Crippen LogP contribution is -2.23. The maximum absolute atomic E-state index is 12.5. The molecule has 0 aromatic heterocycles. The number of carboxylic acids is 1. The van der Waals surface area contributed by atoms with Gasteiger partial charge < -0.3 is 9.84 Å². The molecular formula is C25H21ClO4. The van der Waals surface area contributed by atoms with E-state index in [2.05, 4.69) is 12.1 Å². The summed E-state index contributed by atoms with van der Waals surface area (Å²) in [5.41, 5.74) is 5.25. The number of benzene rings is 3. The van der Waals surface area contributed by atoms with Gasteiger partial charge in [-0.3, -0.25) is 9.59 Å². The lowest BCUT2D eigenvalue weighted by atomic mass is 9.96. The van der Waals surface area contributed by atoms with E-state index >= 15 is 0 Å². The van der Waals surface area contributed by atoms with Crippen molar-refractivity contribution in [3.8, 4) is 11.1 Å². The fourth-order valence-electron chi connectivity index (χ4n) is 4.05.